The zero-order valence-electron chi connectivity index (χ0n) is 13.3. The third-order valence-electron chi connectivity index (χ3n) is 3.41. The summed E-state index contributed by atoms with van der Waals surface area (Å²) in [5.41, 5.74) is 3.20. The van der Waals surface area contributed by atoms with Crippen molar-refractivity contribution in [1.82, 2.24) is 10.3 Å². The number of hydrogen-bond acceptors (Lipinski definition) is 5. The predicted octanol–water partition coefficient (Wildman–Crippen LogP) is 4.84. The molecule has 1 N–H and O–H groups in total. The molecule has 2 heterocycles. The molecule has 0 aliphatic rings. The molecule has 3 nitrogen and oxygen atoms in total. The lowest BCUT2D eigenvalue weighted by Gasteiger charge is -2.04. The SMILES string of the molecule is Cc1nc(-c2ccsc2)sc1C(=O)NCCSCc1ccccc1. The summed E-state index contributed by atoms with van der Waals surface area (Å²) in [6, 6.07) is 12.4. The van der Waals surface area contributed by atoms with Gasteiger partial charge in [0, 0.05) is 29.0 Å². The van der Waals surface area contributed by atoms with Crippen LogP contribution in [-0.4, -0.2) is 23.2 Å². The van der Waals surface area contributed by atoms with Gasteiger partial charge in [-0.3, -0.25) is 4.79 Å². The molecule has 0 saturated carbocycles. The molecule has 0 spiro atoms. The van der Waals surface area contributed by atoms with Crippen molar-refractivity contribution in [3.8, 4) is 10.6 Å². The van der Waals surface area contributed by atoms with Crippen LogP contribution in [0.5, 0.6) is 0 Å². The Morgan fingerprint density at radius 2 is 2.08 bits per heavy atom. The fourth-order valence-corrected chi connectivity index (χ4v) is 4.71. The number of thioether (sulfide) groups is 1. The predicted molar refractivity (Wildman–Crippen MR) is 105 cm³/mol. The number of rotatable bonds is 7. The van der Waals surface area contributed by atoms with Crippen LogP contribution in [0.3, 0.4) is 0 Å². The van der Waals surface area contributed by atoms with E-state index >= 15 is 0 Å². The number of amides is 1. The van der Waals surface area contributed by atoms with Gasteiger partial charge < -0.3 is 5.32 Å². The van der Waals surface area contributed by atoms with Gasteiger partial charge in [0.2, 0.25) is 0 Å². The molecule has 0 fully saturated rings. The zero-order valence-corrected chi connectivity index (χ0v) is 15.8. The first-order valence-electron chi connectivity index (χ1n) is 7.64. The Bertz CT molecular complexity index is 782. The van der Waals surface area contributed by atoms with Crippen molar-refractivity contribution in [2.45, 2.75) is 12.7 Å². The number of benzene rings is 1. The van der Waals surface area contributed by atoms with Crippen molar-refractivity contribution in [3.63, 3.8) is 0 Å². The molecule has 0 aliphatic carbocycles. The number of carbonyl (C=O) groups excluding carboxylic acids is 1. The van der Waals surface area contributed by atoms with Crippen molar-refractivity contribution < 1.29 is 4.79 Å². The van der Waals surface area contributed by atoms with E-state index in [1.807, 2.05) is 36.2 Å². The van der Waals surface area contributed by atoms with Crippen LogP contribution in [0.1, 0.15) is 20.9 Å². The maximum Gasteiger partial charge on any atom is 0.263 e. The van der Waals surface area contributed by atoms with Crippen LogP contribution in [0.4, 0.5) is 0 Å². The number of carbonyl (C=O) groups is 1. The largest absolute Gasteiger partial charge is 0.350 e. The smallest absolute Gasteiger partial charge is 0.263 e. The van der Waals surface area contributed by atoms with Gasteiger partial charge in [0.15, 0.2) is 0 Å². The van der Waals surface area contributed by atoms with Gasteiger partial charge in [-0.25, -0.2) is 4.98 Å². The van der Waals surface area contributed by atoms with E-state index in [0.29, 0.717) is 11.4 Å². The number of thiazole rings is 1. The summed E-state index contributed by atoms with van der Waals surface area (Å²) in [6.07, 6.45) is 0. The summed E-state index contributed by atoms with van der Waals surface area (Å²) in [4.78, 5) is 17.6. The molecular formula is C18H18N2OS3. The standard InChI is InChI=1S/C18H18N2OS3/c1-13-16(24-18(20-13)15-7-9-22-12-15)17(21)19-8-10-23-11-14-5-3-2-4-6-14/h2-7,9,12H,8,10-11H2,1H3,(H,19,21). The number of aryl methyl sites for hydroxylation is 1. The molecule has 0 radical (unpaired) electrons. The molecule has 0 bridgehead atoms. The zero-order chi connectivity index (χ0) is 16.8. The molecule has 0 unspecified atom stereocenters. The lowest BCUT2D eigenvalue weighted by Crippen LogP contribution is -2.25. The number of thiophene rings is 1. The Balaban J connectivity index is 1.47. The first kappa shape index (κ1) is 17.2. The Morgan fingerprint density at radius 3 is 2.83 bits per heavy atom. The Kier molecular flexibility index (Phi) is 6.07. The number of aromatic nitrogens is 1. The van der Waals surface area contributed by atoms with E-state index in [0.717, 1.165) is 27.8 Å². The summed E-state index contributed by atoms with van der Waals surface area (Å²) in [5, 5.41) is 7.99. The summed E-state index contributed by atoms with van der Waals surface area (Å²) in [5.74, 6) is 1.85. The van der Waals surface area contributed by atoms with Gasteiger partial charge in [-0.05, 0) is 23.9 Å². The third-order valence-corrected chi connectivity index (χ3v) is 6.33. The van der Waals surface area contributed by atoms with Crippen molar-refractivity contribution in [1.29, 1.82) is 0 Å². The molecule has 0 atom stereocenters. The Morgan fingerprint density at radius 1 is 1.25 bits per heavy atom. The second kappa shape index (κ2) is 8.46. The van der Waals surface area contributed by atoms with Crippen molar-refractivity contribution >= 4 is 40.3 Å². The van der Waals surface area contributed by atoms with Gasteiger partial charge >= 0.3 is 0 Å². The highest BCUT2D eigenvalue weighted by atomic mass is 32.2. The minimum Gasteiger partial charge on any atom is -0.350 e. The van der Waals surface area contributed by atoms with Crippen LogP contribution >= 0.6 is 34.4 Å². The molecular weight excluding hydrogens is 356 g/mol. The van der Waals surface area contributed by atoms with Gasteiger partial charge in [-0.2, -0.15) is 23.1 Å². The average Bonchev–Trinajstić information content (AvgIpc) is 3.24. The fraction of sp³-hybridized carbons (Fsp3) is 0.222. The van der Waals surface area contributed by atoms with Crippen LogP contribution in [-0.2, 0) is 5.75 Å². The highest BCUT2D eigenvalue weighted by Crippen LogP contribution is 2.29. The van der Waals surface area contributed by atoms with Crippen LogP contribution < -0.4 is 5.32 Å². The van der Waals surface area contributed by atoms with E-state index in [9.17, 15) is 4.79 Å². The molecule has 3 aromatic rings. The van der Waals surface area contributed by atoms with Crippen LogP contribution in [0.2, 0.25) is 0 Å². The summed E-state index contributed by atoms with van der Waals surface area (Å²) in [7, 11) is 0. The maximum absolute atomic E-state index is 12.3. The van der Waals surface area contributed by atoms with Crippen molar-refractivity contribution in [3.05, 3.63) is 63.3 Å². The summed E-state index contributed by atoms with van der Waals surface area (Å²) < 4.78 is 0. The normalized spacial score (nSPS) is 10.7. The fourth-order valence-electron chi connectivity index (χ4n) is 2.20. The monoisotopic (exact) mass is 374 g/mol. The van der Waals surface area contributed by atoms with Gasteiger partial charge in [-0.1, -0.05) is 30.3 Å². The van der Waals surface area contributed by atoms with Gasteiger partial charge in [0.25, 0.3) is 5.91 Å². The molecule has 2 aromatic heterocycles. The quantitative estimate of drug-likeness (QED) is 0.602. The molecule has 1 aromatic carbocycles. The van der Waals surface area contributed by atoms with Crippen LogP contribution in [0.15, 0.2) is 47.2 Å². The molecule has 3 rings (SSSR count). The molecule has 124 valence electrons. The Hall–Kier alpha value is -1.63. The minimum atomic E-state index is -0.0215. The molecule has 24 heavy (non-hydrogen) atoms. The van der Waals surface area contributed by atoms with Crippen LogP contribution in [0, 0.1) is 6.92 Å². The van der Waals surface area contributed by atoms with Crippen LogP contribution in [0.25, 0.3) is 10.6 Å². The summed E-state index contributed by atoms with van der Waals surface area (Å²) in [6.45, 7) is 2.56. The maximum atomic E-state index is 12.3. The highest BCUT2D eigenvalue weighted by molar-refractivity contribution is 7.98. The first-order chi connectivity index (χ1) is 11.7. The minimum absolute atomic E-state index is 0.0215. The molecule has 0 saturated heterocycles. The van der Waals surface area contributed by atoms with E-state index in [-0.39, 0.29) is 5.91 Å². The number of nitrogens with zero attached hydrogens (tertiary/aromatic N) is 1. The van der Waals surface area contributed by atoms with Gasteiger partial charge in [0.05, 0.1) is 5.69 Å². The lowest BCUT2D eigenvalue weighted by molar-refractivity contribution is 0.0959. The van der Waals surface area contributed by atoms with Crippen molar-refractivity contribution in [2.75, 3.05) is 12.3 Å². The number of nitrogens with one attached hydrogen (secondary N) is 1. The van der Waals surface area contributed by atoms with Gasteiger partial charge in [0.1, 0.15) is 9.88 Å². The van der Waals surface area contributed by atoms with E-state index < -0.39 is 0 Å². The lowest BCUT2D eigenvalue weighted by atomic mass is 10.2. The van der Waals surface area contributed by atoms with E-state index in [4.69, 9.17) is 0 Å². The molecule has 0 aliphatic heterocycles. The average molecular weight is 375 g/mol. The molecule has 1 amide bonds. The molecule has 6 heteroatoms. The van der Waals surface area contributed by atoms with E-state index in [1.165, 1.54) is 16.9 Å². The number of hydrogen-bond donors (Lipinski definition) is 1. The van der Waals surface area contributed by atoms with Crippen molar-refractivity contribution in [2.24, 2.45) is 0 Å². The van der Waals surface area contributed by atoms with E-state index in [1.54, 1.807) is 11.3 Å². The van der Waals surface area contributed by atoms with E-state index in [2.05, 4.69) is 39.9 Å². The van der Waals surface area contributed by atoms with Gasteiger partial charge in [-0.15, -0.1) is 11.3 Å². The third kappa shape index (κ3) is 4.47. The summed E-state index contributed by atoms with van der Waals surface area (Å²) >= 11 is 4.93. The second-order valence-corrected chi connectivity index (χ2v) is 8.12. The first-order valence-corrected chi connectivity index (χ1v) is 10.6. The Labute approximate surface area is 154 Å². The second-order valence-electron chi connectivity index (χ2n) is 5.24. The topological polar surface area (TPSA) is 42.0 Å². The highest BCUT2D eigenvalue weighted by Gasteiger charge is 2.15.